The maximum atomic E-state index is 10.8. The summed E-state index contributed by atoms with van der Waals surface area (Å²) in [5.41, 5.74) is 0.619. The van der Waals surface area contributed by atoms with Crippen molar-refractivity contribution in [2.75, 3.05) is 0 Å². The molecule has 0 radical (unpaired) electrons. The van der Waals surface area contributed by atoms with Gasteiger partial charge in [-0.1, -0.05) is 6.07 Å². The molecule has 0 amide bonds. The largest absolute Gasteiger partial charge is 0.478 e. The number of carbonyl (C=O) groups is 2. The molecule has 0 aliphatic rings. The molecule has 2 rings (SSSR count). The number of esters is 1. The van der Waals surface area contributed by atoms with E-state index in [-0.39, 0.29) is 17.3 Å². The molecule has 0 atom stereocenters. The molecule has 92 valence electrons. The summed E-state index contributed by atoms with van der Waals surface area (Å²) in [5, 5.41) is 8.86. The van der Waals surface area contributed by atoms with Crippen molar-refractivity contribution >= 4 is 11.9 Å². The molecule has 1 heterocycles. The molecule has 6 nitrogen and oxygen atoms in total. The Morgan fingerprint density at radius 3 is 2.83 bits per heavy atom. The fourth-order valence-corrected chi connectivity index (χ4v) is 1.37. The molecule has 1 aromatic carbocycles. The molecule has 0 saturated heterocycles. The average molecular weight is 247 g/mol. The second-order valence-electron chi connectivity index (χ2n) is 3.47. The molecule has 18 heavy (non-hydrogen) atoms. The van der Waals surface area contributed by atoms with Crippen LogP contribution in [0.1, 0.15) is 17.3 Å². The molecule has 0 unspecified atom stereocenters. The minimum Gasteiger partial charge on any atom is -0.478 e. The summed E-state index contributed by atoms with van der Waals surface area (Å²) in [7, 11) is 0. The highest BCUT2D eigenvalue weighted by atomic mass is 16.5. The normalized spacial score (nSPS) is 10.1. The number of aromatic carboxylic acids is 1. The Bertz CT molecular complexity index is 602. The molecule has 0 aliphatic heterocycles. The summed E-state index contributed by atoms with van der Waals surface area (Å²) in [6, 6.07) is 6.11. The molecule has 0 fully saturated rings. The molecule has 0 bridgehead atoms. The Kier molecular flexibility index (Phi) is 3.09. The summed E-state index contributed by atoms with van der Waals surface area (Å²) in [6.45, 7) is 1.25. The second-order valence-corrected chi connectivity index (χ2v) is 3.47. The number of oxazole rings is 1. The third-order valence-electron chi connectivity index (χ3n) is 2.09. The van der Waals surface area contributed by atoms with Gasteiger partial charge in [-0.25, -0.2) is 4.79 Å². The summed E-state index contributed by atoms with van der Waals surface area (Å²) < 4.78 is 9.84. The molecule has 0 aliphatic carbocycles. The first-order valence-corrected chi connectivity index (χ1v) is 5.04. The Balaban J connectivity index is 2.31. The monoisotopic (exact) mass is 247 g/mol. The quantitative estimate of drug-likeness (QED) is 0.834. The van der Waals surface area contributed by atoms with Gasteiger partial charge in [0.25, 0.3) is 5.88 Å². The lowest BCUT2D eigenvalue weighted by Crippen LogP contribution is -2.01. The molecule has 1 N–H and O–H groups in total. The van der Waals surface area contributed by atoms with E-state index in [1.807, 2.05) is 0 Å². The van der Waals surface area contributed by atoms with E-state index in [1.165, 1.54) is 25.3 Å². The van der Waals surface area contributed by atoms with Crippen LogP contribution in [0, 0.1) is 0 Å². The van der Waals surface area contributed by atoms with Crippen molar-refractivity contribution in [2.24, 2.45) is 0 Å². The van der Waals surface area contributed by atoms with Crippen molar-refractivity contribution in [1.82, 2.24) is 4.98 Å². The molecule has 0 saturated carbocycles. The van der Waals surface area contributed by atoms with E-state index in [0.717, 1.165) is 0 Å². The Morgan fingerprint density at radius 2 is 2.17 bits per heavy atom. The number of nitrogens with zero attached hydrogens (tertiary/aromatic N) is 1. The van der Waals surface area contributed by atoms with Gasteiger partial charge in [0.1, 0.15) is 0 Å². The first-order chi connectivity index (χ1) is 8.56. The number of carbonyl (C=O) groups excluding carboxylic acids is 1. The lowest BCUT2D eigenvalue weighted by Gasteiger charge is -1.97. The summed E-state index contributed by atoms with van der Waals surface area (Å²) in [5.74, 6) is -1.31. The smallest absolute Gasteiger partial charge is 0.335 e. The first-order valence-electron chi connectivity index (χ1n) is 5.04. The van der Waals surface area contributed by atoms with Crippen LogP contribution in [0.3, 0.4) is 0 Å². The summed E-state index contributed by atoms with van der Waals surface area (Å²) in [4.78, 5) is 25.5. The number of hydrogen-bond donors (Lipinski definition) is 1. The summed E-state index contributed by atoms with van der Waals surface area (Å²) in [6.07, 6.45) is 1.18. The fourth-order valence-electron chi connectivity index (χ4n) is 1.37. The lowest BCUT2D eigenvalue weighted by atomic mass is 10.1. The molecular formula is C12H9NO5. The van der Waals surface area contributed by atoms with Gasteiger partial charge in [0.2, 0.25) is 5.89 Å². The number of hydrogen-bond acceptors (Lipinski definition) is 5. The van der Waals surface area contributed by atoms with Crippen LogP contribution in [-0.4, -0.2) is 22.0 Å². The van der Waals surface area contributed by atoms with Crippen LogP contribution in [0.2, 0.25) is 0 Å². The van der Waals surface area contributed by atoms with Crippen LogP contribution >= 0.6 is 0 Å². The number of benzene rings is 1. The van der Waals surface area contributed by atoms with Crippen molar-refractivity contribution in [3.8, 4) is 17.3 Å². The van der Waals surface area contributed by atoms with Crippen molar-refractivity contribution in [3.63, 3.8) is 0 Å². The van der Waals surface area contributed by atoms with Crippen LogP contribution in [0.25, 0.3) is 11.5 Å². The SMILES string of the molecule is CC(=O)Oc1coc(-c2cccc(C(=O)O)c2)n1. The molecule has 6 heteroatoms. The van der Waals surface area contributed by atoms with E-state index in [4.69, 9.17) is 14.3 Å². The maximum absolute atomic E-state index is 10.8. The first kappa shape index (κ1) is 11.8. The van der Waals surface area contributed by atoms with Gasteiger partial charge in [-0.3, -0.25) is 4.79 Å². The highest BCUT2D eigenvalue weighted by Gasteiger charge is 2.11. The van der Waals surface area contributed by atoms with Gasteiger partial charge in [-0.15, -0.1) is 0 Å². The van der Waals surface area contributed by atoms with Crippen LogP contribution in [0.4, 0.5) is 0 Å². The van der Waals surface area contributed by atoms with Crippen molar-refractivity contribution in [1.29, 1.82) is 0 Å². The highest BCUT2D eigenvalue weighted by molar-refractivity contribution is 5.88. The van der Waals surface area contributed by atoms with Gasteiger partial charge in [0, 0.05) is 12.5 Å². The Labute approximate surface area is 102 Å². The molecule has 1 aromatic heterocycles. The van der Waals surface area contributed by atoms with Crippen LogP contribution in [0.15, 0.2) is 34.9 Å². The minimum absolute atomic E-state index is 0.0400. The van der Waals surface area contributed by atoms with E-state index < -0.39 is 11.9 Å². The van der Waals surface area contributed by atoms with Crippen LogP contribution < -0.4 is 4.74 Å². The third kappa shape index (κ3) is 2.54. The van der Waals surface area contributed by atoms with Crippen LogP contribution in [0.5, 0.6) is 5.88 Å². The maximum Gasteiger partial charge on any atom is 0.335 e. The predicted octanol–water partition coefficient (Wildman–Crippen LogP) is 1.97. The molecule has 0 spiro atoms. The topological polar surface area (TPSA) is 89.6 Å². The van der Waals surface area contributed by atoms with Crippen LogP contribution in [-0.2, 0) is 4.79 Å². The van der Waals surface area contributed by atoms with E-state index in [2.05, 4.69) is 4.98 Å². The number of carboxylic acids is 1. The Hall–Kier alpha value is -2.63. The molecule has 2 aromatic rings. The van der Waals surface area contributed by atoms with Crippen molar-refractivity contribution in [3.05, 3.63) is 36.1 Å². The van der Waals surface area contributed by atoms with Gasteiger partial charge in [0.05, 0.1) is 5.56 Å². The van der Waals surface area contributed by atoms with E-state index in [1.54, 1.807) is 12.1 Å². The van der Waals surface area contributed by atoms with Gasteiger partial charge in [-0.05, 0) is 18.2 Å². The van der Waals surface area contributed by atoms with Gasteiger partial charge >= 0.3 is 11.9 Å². The average Bonchev–Trinajstić information content (AvgIpc) is 2.77. The number of carboxylic acid groups (broad SMARTS) is 1. The standard InChI is InChI=1S/C12H9NO5/c1-7(14)18-10-6-17-11(13-10)8-3-2-4-9(5-8)12(15)16/h2-6H,1H3,(H,15,16). The zero-order valence-electron chi connectivity index (χ0n) is 9.41. The second kappa shape index (κ2) is 4.70. The van der Waals surface area contributed by atoms with Crippen molar-refractivity contribution in [2.45, 2.75) is 6.92 Å². The summed E-state index contributed by atoms with van der Waals surface area (Å²) >= 11 is 0. The highest BCUT2D eigenvalue weighted by Crippen LogP contribution is 2.22. The van der Waals surface area contributed by atoms with E-state index >= 15 is 0 Å². The number of aromatic nitrogens is 1. The van der Waals surface area contributed by atoms with E-state index in [9.17, 15) is 9.59 Å². The third-order valence-corrected chi connectivity index (χ3v) is 2.09. The van der Waals surface area contributed by atoms with Gasteiger partial charge in [-0.2, -0.15) is 4.98 Å². The van der Waals surface area contributed by atoms with Gasteiger partial charge < -0.3 is 14.3 Å². The van der Waals surface area contributed by atoms with E-state index in [0.29, 0.717) is 5.56 Å². The minimum atomic E-state index is -1.04. The number of rotatable bonds is 3. The van der Waals surface area contributed by atoms with Crippen molar-refractivity contribution < 1.29 is 23.8 Å². The lowest BCUT2D eigenvalue weighted by molar-refractivity contribution is -0.132. The number of ether oxygens (including phenoxy) is 1. The predicted molar refractivity (Wildman–Crippen MR) is 60.2 cm³/mol. The zero-order chi connectivity index (χ0) is 13.1. The van der Waals surface area contributed by atoms with Gasteiger partial charge in [0.15, 0.2) is 6.26 Å². The zero-order valence-corrected chi connectivity index (χ0v) is 9.41. The molecular weight excluding hydrogens is 238 g/mol. The fraction of sp³-hybridized carbons (Fsp3) is 0.0833. The Morgan fingerprint density at radius 1 is 1.39 bits per heavy atom.